The van der Waals surface area contributed by atoms with Crippen LogP contribution in [-0.2, 0) is 9.59 Å². The van der Waals surface area contributed by atoms with Crippen molar-refractivity contribution < 1.29 is 14.7 Å². The summed E-state index contributed by atoms with van der Waals surface area (Å²) in [6, 6.07) is 10.2. The fourth-order valence-electron chi connectivity index (χ4n) is 3.22. The number of carboxylic acids is 1. The number of hydrogen-bond acceptors (Lipinski definition) is 2. The molecule has 3 unspecified atom stereocenters. The van der Waals surface area contributed by atoms with Crippen LogP contribution in [0.3, 0.4) is 0 Å². The van der Waals surface area contributed by atoms with E-state index in [0.717, 1.165) is 19.4 Å². The smallest absolute Gasteiger partial charge is 0.303 e. The minimum atomic E-state index is -0.766. The standard InChI is InChI=1S/C16H19NO3/c18-15(19)8-11-6-7-17(10-11)16(20)14-9-13(14)12-4-2-1-3-5-12/h1-5,11,13-14H,6-10H2,(H,18,19). The lowest BCUT2D eigenvalue weighted by Crippen LogP contribution is -2.30. The van der Waals surface area contributed by atoms with E-state index >= 15 is 0 Å². The molecule has 3 rings (SSSR count). The molecule has 106 valence electrons. The molecule has 4 nitrogen and oxygen atoms in total. The summed E-state index contributed by atoms with van der Waals surface area (Å²) in [6.45, 7) is 1.33. The molecule has 3 atom stereocenters. The first kappa shape index (κ1) is 13.2. The van der Waals surface area contributed by atoms with Gasteiger partial charge in [-0.05, 0) is 30.2 Å². The van der Waals surface area contributed by atoms with Crippen LogP contribution in [0.25, 0.3) is 0 Å². The predicted molar refractivity (Wildman–Crippen MR) is 74.2 cm³/mol. The van der Waals surface area contributed by atoms with Crippen molar-refractivity contribution in [1.29, 1.82) is 0 Å². The van der Waals surface area contributed by atoms with Crippen molar-refractivity contribution in [2.75, 3.05) is 13.1 Å². The van der Waals surface area contributed by atoms with Crippen LogP contribution in [-0.4, -0.2) is 35.0 Å². The van der Waals surface area contributed by atoms with Gasteiger partial charge in [0.15, 0.2) is 0 Å². The van der Waals surface area contributed by atoms with Crippen molar-refractivity contribution in [3.8, 4) is 0 Å². The molecule has 0 bridgehead atoms. The summed E-state index contributed by atoms with van der Waals surface area (Å²) < 4.78 is 0. The topological polar surface area (TPSA) is 57.6 Å². The van der Waals surface area contributed by atoms with Crippen LogP contribution >= 0.6 is 0 Å². The van der Waals surface area contributed by atoms with Gasteiger partial charge in [0.2, 0.25) is 5.91 Å². The van der Waals surface area contributed by atoms with Gasteiger partial charge >= 0.3 is 5.97 Å². The van der Waals surface area contributed by atoms with Crippen LogP contribution in [0.2, 0.25) is 0 Å². The molecule has 1 aromatic carbocycles. The predicted octanol–water partition coefficient (Wildman–Crippen LogP) is 2.11. The maximum atomic E-state index is 12.4. The lowest BCUT2D eigenvalue weighted by molar-refractivity contribution is -0.138. The van der Waals surface area contributed by atoms with Crippen molar-refractivity contribution in [3.05, 3.63) is 35.9 Å². The monoisotopic (exact) mass is 273 g/mol. The van der Waals surface area contributed by atoms with Crippen LogP contribution < -0.4 is 0 Å². The Hall–Kier alpha value is -1.84. The van der Waals surface area contributed by atoms with E-state index in [1.165, 1.54) is 5.56 Å². The first-order chi connectivity index (χ1) is 9.65. The molecule has 1 aliphatic heterocycles. The van der Waals surface area contributed by atoms with Gasteiger partial charge in [-0.25, -0.2) is 0 Å². The number of nitrogens with zero attached hydrogens (tertiary/aromatic N) is 1. The SMILES string of the molecule is O=C(O)CC1CCN(C(=O)C2CC2c2ccccc2)C1. The Morgan fingerprint density at radius 1 is 1.25 bits per heavy atom. The average Bonchev–Trinajstić information content (AvgIpc) is 3.11. The minimum Gasteiger partial charge on any atom is -0.481 e. The Kier molecular flexibility index (Phi) is 3.47. The fourth-order valence-corrected chi connectivity index (χ4v) is 3.22. The Morgan fingerprint density at radius 3 is 2.70 bits per heavy atom. The number of amides is 1. The summed E-state index contributed by atoms with van der Waals surface area (Å²) in [5.74, 6) is 0.0539. The molecule has 1 N–H and O–H groups in total. The third-order valence-electron chi connectivity index (χ3n) is 4.40. The summed E-state index contributed by atoms with van der Waals surface area (Å²) in [4.78, 5) is 25.0. The molecule has 0 radical (unpaired) electrons. The molecule has 1 amide bonds. The lowest BCUT2D eigenvalue weighted by Gasteiger charge is -2.16. The molecule has 2 aliphatic rings. The highest BCUT2D eigenvalue weighted by atomic mass is 16.4. The van der Waals surface area contributed by atoms with Gasteiger partial charge in [0.25, 0.3) is 0 Å². The molecule has 0 aromatic heterocycles. The molecule has 0 spiro atoms. The zero-order valence-electron chi connectivity index (χ0n) is 11.4. The van der Waals surface area contributed by atoms with Crippen molar-refractivity contribution in [3.63, 3.8) is 0 Å². The second-order valence-corrected chi connectivity index (χ2v) is 5.90. The molecule has 1 aromatic rings. The number of carboxylic acid groups (broad SMARTS) is 1. The molecule has 1 saturated carbocycles. The number of benzene rings is 1. The Balaban J connectivity index is 1.55. The van der Waals surface area contributed by atoms with E-state index in [0.29, 0.717) is 12.5 Å². The third-order valence-corrected chi connectivity index (χ3v) is 4.40. The van der Waals surface area contributed by atoms with Gasteiger partial charge in [-0.15, -0.1) is 0 Å². The second kappa shape index (κ2) is 5.27. The molecule has 2 fully saturated rings. The first-order valence-electron chi connectivity index (χ1n) is 7.20. The number of aliphatic carboxylic acids is 1. The maximum absolute atomic E-state index is 12.4. The van der Waals surface area contributed by atoms with Crippen LogP contribution in [0.1, 0.15) is 30.7 Å². The van der Waals surface area contributed by atoms with Crippen molar-refractivity contribution in [1.82, 2.24) is 4.90 Å². The van der Waals surface area contributed by atoms with E-state index < -0.39 is 5.97 Å². The highest BCUT2D eigenvalue weighted by molar-refractivity contribution is 5.83. The van der Waals surface area contributed by atoms with E-state index in [1.54, 1.807) is 0 Å². The zero-order chi connectivity index (χ0) is 14.1. The summed E-state index contributed by atoms with van der Waals surface area (Å²) in [6.07, 6.45) is 1.93. The van der Waals surface area contributed by atoms with E-state index in [-0.39, 0.29) is 24.2 Å². The summed E-state index contributed by atoms with van der Waals surface area (Å²) in [5, 5.41) is 8.81. The van der Waals surface area contributed by atoms with Crippen LogP contribution in [0.4, 0.5) is 0 Å². The number of carbonyl (C=O) groups excluding carboxylic acids is 1. The van der Waals surface area contributed by atoms with E-state index in [2.05, 4.69) is 12.1 Å². The quantitative estimate of drug-likeness (QED) is 0.914. The van der Waals surface area contributed by atoms with E-state index in [9.17, 15) is 9.59 Å². The second-order valence-electron chi connectivity index (χ2n) is 5.90. The highest BCUT2D eigenvalue weighted by Gasteiger charge is 2.46. The Labute approximate surface area is 118 Å². The van der Waals surface area contributed by atoms with Gasteiger partial charge < -0.3 is 10.0 Å². The van der Waals surface area contributed by atoms with Crippen LogP contribution in [0.15, 0.2) is 30.3 Å². The maximum Gasteiger partial charge on any atom is 0.303 e. The molecular weight excluding hydrogens is 254 g/mol. The summed E-state index contributed by atoms with van der Waals surface area (Å²) in [7, 11) is 0. The molecular formula is C16H19NO3. The number of carbonyl (C=O) groups is 2. The first-order valence-corrected chi connectivity index (χ1v) is 7.20. The van der Waals surface area contributed by atoms with Crippen LogP contribution in [0.5, 0.6) is 0 Å². The zero-order valence-corrected chi connectivity index (χ0v) is 11.4. The van der Waals surface area contributed by atoms with Gasteiger partial charge in [0.05, 0.1) is 0 Å². The molecule has 1 aliphatic carbocycles. The molecule has 1 heterocycles. The lowest BCUT2D eigenvalue weighted by atomic mass is 10.1. The molecule has 20 heavy (non-hydrogen) atoms. The van der Waals surface area contributed by atoms with Gasteiger partial charge in [-0.2, -0.15) is 0 Å². The largest absolute Gasteiger partial charge is 0.481 e. The fraction of sp³-hybridized carbons (Fsp3) is 0.500. The average molecular weight is 273 g/mol. The summed E-state index contributed by atoms with van der Waals surface area (Å²) >= 11 is 0. The van der Waals surface area contributed by atoms with Gasteiger partial charge in [-0.3, -0.25) is 9.59 Å². The number of likely N-dealkylation sites (tertiary alicyclic amines) is 1. The summed E-state index contributed by atoms with van der Waals surface area (Å²) in [5.41, 5.74) is 1.24. The van der Waals surface area contributed by atoms with E-state index in [1.807, 2.05) is 23.1 Å². The Bertz CT molecular complexity index is 514. The van der Waals surface area contributed by atoms with Gasteiger partial charge in [0.1, 0.15) is 0 Å². The van der Waals surface area contributed by atoms with Gasteiger partial charge in [-0.1, -0.05) is 30.3 Å². The number of rotatable bonds is 4. The van der Waals surface area contributed by atoms with E-state index in [4.69, 9.17) is 5.11 Å². The number of hydrogen-bond donors (Lipinski definition) is 1. The van der Waals surface area contributed by atoms with Crippen molar-refractivity contribution in [2.24, 2.45) is 11.8 Å². The Morgan fingerprint density at radius 2 is 2.00 bits per heavy atom. The van der Waals surface area contributed by atoms with Gasteiger partial charge in [0, 0.05) is 25.4 Å². The molecule has 1 saturated heterocycles. The highest BCUT2D eigenvalue weighted by Crippen LogP contribution is 2.48. The third kappa shape index (κ3) is 2.69. The minimum absolute atomic E-state index is 0.112. The van der Waals surface area contributed by atoms with Crippen molar-refractivity contribution in [2.45, 2.75) is 25.2 Å². The normalized spacial score (nSPS) is 28.4. The van der Waals surface area contributed by atoms with Crippen molar-refractivity contribution >= 4 is 11.9 Å². The molecule has 4 heteroatoms. The van der Waals surface area contributed by atoms with Crippen LogP contribution in [0, 0.1) is 11.8 Å².